The molecule has 1 aliphatic rings. The number of hydrogen-bond donors (Lipinski definition) is 1. The van der Waals surface area contributed by atoms with Crippen molar-refractivity contribution in [3.63, 3.8) is 0 Å². The minimum absolute atomic E-state index is 0.0447. The molecule has 1 aliphatic heterocycles. The van der Waals surface area contributed by atoms with Gasteiger partial charge in [0.15, 0.2) is 5.13 Å². The number of amides is 1. The number of carbonyl (C=O) groups excluding carboxylic acids is 1. The van der Waals surface area contributed by atoms with Crippen LogP contribution in [-0.4, -0.2) is 24.0 Å². The normalized spacial score (nSPS) is 16.9. The minimum atomic E-state index is -0.293. The van der Waals surface area contributed by atoms with Crippen LogP contribution in [0.4, 0.5) is 15.2 Å². The van der Waals surface area contributed by atoms with Crippen molar-refractivity contribution >= 4 is 38.3 Å². The fourth-order valence-electron chi connectivity index (χ4n) is 3.78. The molecule has 0 radical (unpaired) electrons. The first-order valence-corrected chi connectivity index (χ1v) is 11.2. The zero-order chi connectivity index (χ0) is 20.2. The van der Waals surface area contributed by atoms with Crippen molar-refractivity contribution in [1.82, 2.24) is 4.98 Å². The number of hydrogen-bond acceptors (Lipinski definition) is 4. The van der Waals surface area contributed by atoms with E-state index < -0.39 is 0 Å². The van der Waals surface area contributed by atoms with Crippen molar-refractivity contribution in [1.29, 1.82) is 0 Å². The van der Waals surface area contributed by atoms with E-state index in [1.54, 1.807) is 6.07 Å². The van der Waals surface area contributed by atoms with Crippen LogP contribution < -0.4 is 10.2 Å². The number of anilines is 2. The summed E-state index contributed by atoms with van der Waals surface area (Å²) in [6.07, 6.45) is 5.21. The monoisotopic (exact) mass is 411 g/mol. The summed E-state index contributed by atoms with van der Waals surface area (Å²) >= 11 is 1.49. The first kappa shape index (κ1) is 19.8. The summed E-state index contributed by atoms with van der Waals surface area (Å²) in [6.45, 7) is 3.64. The molecular weight excluding hydrogens is 385 g/mol. The molecule has 1 unspecified atom stereocenters. The highest BCUT2D eigenvalue weighted by Crippen LogP contribution is 2.32. The van der Waals surface area contributed by atoms with Gasteiger partial charge in [0.05, 0.1) is 10.6 Å². The van der Waals surface area contributed by atoms with Gasteiger partial charge in [0.1, 0.15) is 11.3 Å². The number of halogens is 1. The van der Waals surface area contributed by atoms with E-state index >= 15 is 0 Å². The third-order valence-corrected chi connectivity index (χ3v) is 6.54. The van der Waals surface area contributed by atoms with Gasteiger partial charge in [-0.2, -0.15) is 0 Å². The predicted octanol–water partition coefficient (Wildman–Crippen LogP) is 5.63. The Bertz CT molecular complexity index is 985. The Labute approximate surface area is 174 Å². The van der Waals surface area contributed by atoms with Gasteiger partial charge in [0, 0.05) is 18.8 Å². The maximum absolute atomic E-state index is 14.0. The first-order valence-electron chi connectivity index (χ1n) is 10.3. The highest BCUT2D eigenvalue weighted by atomic mass is 32.1. The summed E-state index contributed by atoms with van der Waals surface area (Å²) in [5, 5.41) is 3.85. The highest BCUT2D eigenvalue weighted by molar-refractivity contribution is 7.22. The van der Waals surface area contributed by atoms with Crippen LogP contribution in [-0.2, 0) is 11.2 Å². The molecule has 1 N–H and O–H groups in total. The van der Waals surface area contributed by atoms with Gasteiger partial charge in [-0.15, -0.1) is 0 Å². The van der Waals surface area contributed by atoms with Gasteiger partial charge in [-0.3, -0.25) is 4.79 Å². The van der Waals surface area contributed by atoms with E-state index in [0.717, 1.165) is 41.3 Å². The molecule has 4 nitrogen and oxygen atoms in total. The maximum atomic E-state index is 14.0. The van der Waals surface area contributed by atoms with Crippen LogP contribution in [0.25, 0.3) is 10.2 Å². The quantitative estimate of drug-likeness (QED) is 0.571. The Kier molecular flexibility index (Phi) is 6.09. The number of nitrogens with zero attached hydrogens (tertiary/aromatic N) is 2. The van der Waals surface area contributed by atoms with E-state index in [0.29, 0.717) is 12.1 Å². The van der Waals surface area contributed by atoms with E-state index in [-0.39, 0.29) is 17.6 Å². The largest absolute Gasteiger partial charge is 0.347 e. The zero-order valence-corrected chi connectivity index (χ0v) is 17.5. The topological polar surface area (TPSA) is 45.2 Å². The Hall–Kier alpha value is -2.47. The molecule has 6 heteroatoms. The lowest BCUT2D eigenvalue weighted by molar-refractivity contribution is -0.120. The molecular formula is C23H26FN3OS. The van der Waals surface area contributed by atoms with Crippen LogP contribution in [0.5, 0.6) is 0 Å². The molecule has 0 aliphatic carbocycles. The van der Waals surface area contributed by atoms with E-state index in [2.05, 4.69) is 34.3 Å². The molecule has 2 heterocycles. The summed E-state index contributed by atoms with van der Waals surface area (Å²) in [5.74, 6) is -0.345. The first-order chi connectivity index (χ1) is 14.1. The number of aromatic nitrogens is 1. The lowest BCUT2D eigenvalue weighted by Crippen LogP contribution is -2.40. The Balaban J connectivity index is 1.41. The van der Waals surface area contributed by atoms with Crippen LogP contribution in [0.2, 0.25) is 0 Å². The van der Waals surface area contributed by atoms with E-state index in [1.165, 1.54) is 35.8 Å². The SMILES string of the molecule is CCCCc1ccc(NC(=O)C2CCCN(c3nc4c(F)cccc4s3)C2)cc1. The third kappa shape index (κ3) is 4.58. The van der Waals surface area contributed by atoms with Crippen molar-refractivity contribution in [2.45, 2.75) is 39.0 Å². The smallest absolute Gasteiger partial charge is 0.229 e. The molecule has 1 aromatic heterocycles. The average Bonchev–Trinajstić information content (AvgIpc) is 3.19. The standard InChI is InChI=1S/C23H26FN3OS/c1-2-3-6-16-10-12-18(13-11-16)25-22(28)17-7-5-14-27(15-17)23-26-21-19(24)8-4-9-20(21)29-23/h4,8-13,17H,2-3,5-7,14-15H2,1H3,(H,25,28). The molecule has 4 rings (SSSR count). The number of nitrogens with one attached hydrogen (secondary N) is 1. The molecule has 152 valence electrons. The van der Waals surface area contributed by atoms with Crippen LogP contribution in [0.3, 0.4) is 0 Å². The predicted molar refractivity (Wildman–Crippen MR) is 118 cm³/mol. The number of aryl methyl sites for hydroxylation is 1. The summed E-state index contributed by atoms with van der Waals surface area (Å²) in [5.41, 5.74) is 2.56. The van der Waals surface area contributed by atoms with Gasteiger partial charge >= 0.3 is 0 Å². The second-order valence-corrected chi connectivity index (χ2v) is 8.67. The number of thiazole rings is 1. The van der Waals surface area contributed by atoms with Crippen molar-refractivity contribution in [2.24, 2.45) is 5.92 Å². The lowest BCUT2D eigenvalue weighted by atomic mass is 9.97. The molecule has 29 heavy (non-hydrogen) atoms. The van der Waals surface area contributed by atoms with Gasteiger partial charge in [0.25, 0.3) is 0 Å². The second kappa shape index (κ2) is 8.91. The second-order valence-electron chi connectivity index (χ2n) is 7.66. The average molecular weight is 412 g/mol. The summed E-state index contributed by atoms with van der Waals surface area (Å²) in [7, 11) is 0. The van der Waals surface area contributed by atoms with Crippen LogP contribution >= 0.6 is 11.3 Å². The van der Waals surface area contributed by atoms with Crippen molar-refractivity contribution < 1.29 is 9.18 Å². The number of benzene rings is 2. The molecule has 1 saturated heterocycles. The van der Waals surface area contributed by atoms with E-state index in [1.807, 2.05) is 18.2 Å². The summed E-state index contributed by atoms with van der Waals surface area (Å²) in [6, 6.07) is 13.2. The number of rotatable bonds is 6. The maximum Gasteiger partial charge on any atom is 0.229 e. The lowest BCUT2D eigenvalue weighted by Gasteiger charge is -2.31. The Morgan fingerprint density at radius 2 is 2.10 bits per heavy atom. The van der Waals surface area contributed by atoms with Crippen molar-refractivity contribution in [3.8, 4) is 0 Å². The van der Waals surface area contributed by atoms with Crippen LogP contribution in [0.15, 0.2) is 42.5 Å². The number of para-hydroxylation sites is 1. The Morgan fingerprint density at radius 1 is 1.28 bits per heavy atom. The van der Waals surface area contributed by atoms with Crippen LogP contribution in [0, 0.1) is 11.7 Å². The molecule has 1 amide bonds. The molecule has 0 saturated carbocycles. The van der Waals surface area contributed by atoms with E-state index in [4.69, 9.17) is 0 Å². The van der Waals surface area contributed by atoms with Gasteiger partial charge in [0.2, 0.25) is 5.91 Å². The fraction of sp³-hybridized carbons (Fsp3) is 0.391. The number of unbranched alkanes of at least 4 members (excludes halogenated alkanes) is 1. The molecule has 1 atom stereocenters. The Morgan fingerprint density at radius 3 is 2.86 bits per heavy atom. The zero-order valence-electron chi connectivity index (χ0n) is 16.7. The fourth-order valence-corrected chi connectivity index (χ4v) is 4.80. The van der Waals surface area contributed by atoms with Gasteiger partial charge in [-0.1, -0.05) is 42.9 Å². The number of fused-ring (bicyclic) bond motifs is 1. The molecule has 2 aromatic carbocycles. The summed E-state index contributed by atoms with van der Waals surface area (Å²) < 4.78 is 14.8. The third-order valence-electron chi connectivity index (χ3n) is 5.46. The minimum Gasteiger partial charge on any atom is -0.347 e. The van der Waals surface area contributed by atoms with Gasteiger partial charge in [-0.05, 0) is 55.5 Å². The molecule has 1 fully saturated rings. The number of carbonyl (C=O) groups is 1. The van der Waals surface area contributed by atoms with Crippen molar-refractivity contribution in [2.75, 3.05) is 23.3 Å². The molecule has 0 spiro atoms. The number of piperidine rings is 1. The molecule has 0 bridgehead atoms. The van der Waals surface area contributed by atoms with Crippen molar-refractivity contribution in [3.05, 3.63) is 53.8 Å². The highest BCUT2D eigenvalue weighted by Gasteiger charge is 2.27. The molecule has 3 aromatic rings. The van der Waals surface area contributed by atoms with E-state index in [9.17, 15) is 9.18 Å². The van der Waals surface area contributed by atoms with Crippen LogP contribution in [0.1, 0.15) is 38.2 Å². The van der Waals surface area contributed by atoms with Gasteiger partial charge < -0.3 is 10.2 Å². The van der Waals surface area contributed by atoms with Gasteiger partial charge in [-0.25, -0.2) is 9.37 Å². The summed E-state index contributed by atoms with van der Waals surface area (Å²) in [4.78, 5) is 19.4.